The molecule has 2 aromatic rings. The van der Waals surface area contributed by atoms with Crippen molar-refractivity contribution in [2.45, 2.75) is 0 Å². The average Bonchev–Trinajstić information content (AvgIpc) is 2.75. The van der Waals surface area contributed by atoms with Crippen LogP contribution in [0.1, 0.15) is 20.0 Å². The first kappa shape index (κ1) is 13.6. The summed E-state index contributed by atoms with van der Waals surface area (Å²) in [7, 11) is 2.45. The highest BCUT2D eigenvalue weighted by Gasteiger charge is 2.23. The van der Waals surface area contributed by atoms with Gasteiger partial charge in [0.1, 0.15) is 5.75 Å². The molecule has 5 nitrogen and oxygen atoms in total. The van der Waals surface area contributed by atoms with Crippen molar-refractivity contribution in [3.63, 3.8) is 0 Å². The zero-order valence-corrected chi connectivity index (χ0v) is 11.6. The molecule has 2 rings (SSSR count). The number of halogens is 1. The molecule has 100 valence electrons. The van der Waals surface area contributed by atoms with Crippen molar-refractivity contribution in [2.75, 3.05) is 14.2 Å². The zero-order valence-electron chi connectivity index (χ0n) is 10.0. The fourth-order valence-electron chi connectivity index (χ4n) is 1.63. The van der Waals surface area contributed by atoms with E-state index in [1.165, 1.54) is 20.3 Å². The highest BCUT2D eigenvalue weighted by atomic mass is 35.5. The van der Waals surface area contributed by atoms with Crippen LogP contribution in [0, 0.1) is 0 Å². The average molecular weight is 301 g/mol. The van der Waals surface area contributed by atoms with Crippen LogP contribution in [0.3, 0.4) is 0 Å². The first-order valence-electron chi connectivity index (χ1n) is 5.11. The summed E-state index contributed by atoms with van der Waals surface area (Å²) in [6.07, 6.45) is 0. The van der Waals surface area contributed by atoms with Gasteiger partial charge in [0.2, 0.25) is 0 Å². The van der Waals surface area contributed by atoms with E-state index in [0.29, 0.717) is 4.70 Å². The van der Waals surface area contributed by atoms with Crippen molar-refractivity contribution >= 4 is 45.0 Å². The molecule has 0 saturated heterocycles. The minimum Gasteiger partial charge on any atom is -0.505 e. The lowest BCUT2D eigenvalue weighted by Gasteiger charge is -2.03. The van der Waals surface area contributed by atoms with Gasteiger partial charge in [-0.25, -0.2) is 9.59 Å². The third kappa shape index (κ3) is 2.13. The predicted octanol–water partition coefficient (Wildman–Crippen LogP) is 2.83. The number of hydrogen-bond donors (Lipinski definition) is 1. The summed E-state index contributed by atoms with van der Waals surface area (Å²) in [6.45, 7) is 0. The molecule has 0 radical (unpaired) electrons. The summed E-state index contributed by atoms with van der Waals surface area (Å²) in [5.41, 5.74) is 0.126. The Balaban J connectivity index is 2.72. The summed E-state index contributed by atoms with van der Waals surface area (Å²) in [5.74, 6) is -1.56. The van der Waals surface area contributed by atoms with Crippen LogP contribution in [-0.2, 0) is 9.47 Å². The van der Waals surface area contributed by atoms with Crippen molar-refractivity contribution in [3.8, 4) is 5.75 Å². The van der Waals surface area contributed by atoms with Crippen LogP contribution in [0.5, 0.6) is 5.75 Å². The minimum absolute atomic E-state index is 0.0430. The molecule has 1 aromatic heterocycles. The molecule has 0 atom stereocenters. The highest BCUT2D eigenvalue weighted by Crippen LogP contribution is 2.42. The Morgan fingerprint density at radius 1 is 1.21 bits per heavy atom. The van der Waals surface area contributed by atoms with Gasteiger partial charge in [0.05, 0.1) is 30.2 Å². The van der Waals surface area contributed by atoms with E-state index in [1.54, 1.807) is 6.07 Å². The van der Waals surface area contributed by atoms with E-state index in [1.807, 2.05) is 0 Å². The number of esters is 2. The van der Waals surface area contributed by atoms with E-state index >= 15 is 0 Å². The lowest BCUT2D eigenvalue weighted by molar-refractivity contribution is 0.0593. The second-order valence-corrected chi connectivity index (χ2v) is 4.99. The third-order valence-corrected chi connectivity index (χ3v) is 4.06. The van der Waals surface area contributed by atoms with Crippen molar-refractivity contribution in [2.24, 2.45) is 0 Å². The molecule has 0 amide bonds. The molecule has 0 aliphatic rings. The molecule has 0 aliphatic carbocycles. The molecular formula is C12H9ClO5S. The van der Waals surface area contributed by atoms with Crippen LogP contribution in [-0.4, -0.2) is 31.3 Å². The zero-order chi connectivity index (χ0) is 14.2. The number of aromatic hydroxyl groups is 1. The Morgan fingerprint density at radius 2 is 1.84 bits per heavy atom. The van der Waals surface area contributed by atoms with E-state index in [4.69, 9.17) is 11.6 Å². The van der Waals surface area contributed by atoms with E-state index in [0.717, 1.165) is 11.3 Å². The number of fused-ring (bicyclic) bond motifs is 1. The Morgan fingerprint density at radius 3 is 2.42 bits per heavy atom. The van der Waals surface area contributed by atoms with Gasteiger partial charge in [0.25, 0.3) is 0 Å². The summed E-state index contributed by atoms with van der Waals surface area (Å²) < 4.78 is 9.73. The Labute approximate surface area is 117 Å². The number of carbonyl (C=O) groups is 2. The predicted molar refractivity (Wildman–Crippen MR) is 71.2 cm³/mol. The number of ether oxygens (including phenoxy) is 2. The van der Waals surface area contributed by atoms with Gasteiger partial charge in [-0.2, -0.15) is 0 Å². The molecule has 7 heteroatoms. The highest BCUT2D eigenvalue weighted by molar-refractivity contribution is 7.21. The van der Waals surface area contributed by atoms with Crippen molar-refractivity contribution in [1.29, 1.82) is 0 Å². The van der Waals surface area contributed by atoms with Crippen LogP contribution in [0.2, 0.25) is 5.02 Å². The van der Waals surface area contributed by atoms with Crippen molar-refractivity contribution in [3.05, 3.63) is 27.6 Å². The molecule has 0 bridgehead atoms. The second-order valence-electron chi connectivity index (χ2n) is 3.56. The summed E-state index contributed by atoms with van der Waals surface area (Å²) in [5, 5.41) is 10.3. The van der Waals surface area contributed by atoms with Crippen LogP contribution in [0.4, 0.5) is 0 Å². The summed E-state index contributed by atoms with van der Waals surface area (Å²) in [4.78, 5) is 23.0. The fraction of sp³-hybridized carbons (Fsp3) is 0.167. The number of carbonyl (C=O) groups excluding carboxylic acids is 2. The Hall–Kier alpha value is -1.79. The second kappa shape index (κ2) is 5.07. The maximum Gasteiger partial charge on any atom is 0.351 e. The van der Waals surface area contributed by atoms with Gasteiger partial charge in [0, 0.05) is 4.70 Å². The summed E-state index contributed by atoms with van der Waals surface area (Å²) in [6, 6.07) is 3.07. The van der Waals surface area contributed by atoms with Gasteiger partial charge >= 0.3 is 11.9 Å². The first-order valence-corrected chi connectivity index (χ1v) is 6.31. The molecule has 19 heavy (non-hydrogen) atoms. The maximum atomic E-state index is 11.5. The van der Waals surface area contributed by atoms with Gasteiger partial charge in [-0.05, 0) is 12.1 Å². The molecule has 0 saturated carbocycles. The maximum absolute atomic E-state index is 11.5. The van der Waals surface area contributed by atoms with Crippen LogP contribution in [0.15, 0.2) is 12.1 Å². The number of thiophene rings is 1. The lowest BCUT2D eigenvalue weighted by Crippen LogP contribution is -2.01. The molecule has 1 aromatic carbocycles. The van der Waals surface area contributed by atoms with Gasteiger partial charge in [0.15, 0.2) is 4.88 Å². The molecule has 0 unspecified atom stereocenters. The fourth-order valence-corrected chi connectivity index (χ4v) is 3.04. The summed E-state index contributed by atoms with van der Waals surface area (Å²) >= 11 is 7.11. The normalized spacial score (nSPS) is 10.5. The van der Waals surface area contributed by atoms with E-state index in [9.17, 15) is 14.7 Å². The van der Waals surface area contributed by atoms with Crippen molar-refractivity contribution in [1.82, 2.24) is 0 Å². The van der Waals surface area contributed by atoms with E-state index in [-0.39, 0.29) is 26.6 Å². The van der Waals surface area contributed by atoms with Crippen molar-refractivity contribution < 1.29 is 24.2 Å². The molecule has 0 fully saturated rings. The van der Waals surface area contributed by atoms with E-state index in [2.05, 4.69) is 9.47 Å². The number of benzene rings is 1. The third-order valence-electron chi connectivity index (χ3n) is 2.54. The quantitative estimate of drug-likeness (QED) is 0.863. The van der Waals surface area contributed by atoms with Gasteiger partial charge in [-0.15, -0.1) is 11.3 Å². The Kier molecular flexibility index (Phi) is 3.64. The van der Waals surface area contributed by atoms with Crippen LogP contribution < -0.4 is 0 Å². The standard InChI is InChI=1S/C12H9ClO5S/c1-17-11(15)5-3-4-6-7(8(5)13)9(14)10(19-6)12(16)18-2/h3-4,14H,1-2H3. The topological polar surface area (TPSA) is 72.8 Å². The van der Waals surface area contributed by atoms with Crippen LogP contribution in [0.25, 0.3) is 10.1 Å². The smallest absolute Gasteiger partial charge is 0.351 e. The monoisotopic (exact) mass is 300 g/mol. The molecule has 1 N–H and O–H groups in total. The number of methoxy groups -OCH3 is 2. The lowest BCUT2D eigenvalue weighted by atomic mass is 10.1. The Bertz CT molecular complexity index is 662. The molecular weight excluding hydrogens is 292 g/mol. The van der Waals surface area contributed by atoms with Crippen LogP contribution >= 0.6 is 22.9 Å². The van der Waals surface area contributed by atoms with E-state index < -0.39 is 11.9 Å². The number of hydrogen-bond acceptors (Lipinski definition) is 6. The number of rotatable bonds is 2. The molecule has 0 spiro atoms. The SMILES string of the molecule is COC(=O)c1ccc2sc(C(=O)OC)c(O)c2c1Cl. The van der Waals surface area contributed by atoms with Gasteiger partial charge in [-0.1, -0.05) is 11.6 Å². The molecule has 1 heterocycles. The van der Waals surface area contributed by atoms with Gasteiger partial charge < -0.3 is 14.6 Å². The molecule has 0 aliphatic heterocycles. The van der Waals surface area contributed by atoms with Gasteiger partial charge in [-0.3, -0.25) is 0 Å². The first-order chi connectivity index (χ1) is 9.01. The largest absolute Gasteiger partial charge is 0.505 e. The minimum atomic E-state index is -0.658.